The molecule has 0 aliphatic carbocycles. The van der Waals surface area contributed by atoms with Crippen molar-refractivity contribution >= 4 is 33.8 Å². The van der Waals surface area contributed by atoms with Crippen LogP contribution >= 0.6 is 0 Å². The molecule has 0 N–H and O–H groups in total. The maximum absolute atomic E-state index is 13.2. The molecule has 0 saturated heterocycles. The van der Waals surface area contributed by atoms with Crippen LogP contribution in [0.3, 0.4) is 0 Å². The number of methoxy groups -OCH3 is 2. The molecule has 29 heavy (non-hydrogen) atoms. The van der Waals surface area contributed by atoms with Crippen molar-refractivity contribution in [1.82, 2.24) is 0 Å². The summed E-state index contributed by atoms with van der Waals surface area (Å²) < 4.78 is 22.2. The van der Waals surface area contributed by atoms with Crippen molar-refractivity contribution in [3.8, 4) is 11.5 Å². The van der Waals surface area contributed by atoms with Crippen molar-refractivity contribution in [2.75, 3.05) is 14.2 Å². The Morgan fingerprint density at radius 2 is 1.86 bits per heavy atom. The number of hydrogen-bond acceptors (Lipinski definition) is 6. The van der Waals surface area contributed by atoms with Gasteiger partial charge in [0.25, 0.3) is 0 Å². The van der Waals surface area contributed by atoms with Crippen LogP contribution in [0.2, 0.25) is 0 Å². The van der Waals surface area contributed by atoms with E-state index >= 15 is 0 Å². The molecule has 0 unspecified atom stereocenters. The summed E-state index contributed by atoms with van der Waals surface area (Å²) in [6, 6.07) is 8.98. The standard InChI is InChI=1S/C23H19NO5/c1-4-5-17-21-18(10-11-28-21)22(27-3)19-20(25)14(13-29-23(17)19)12-24-15-6-8-16(26-2)9-7-15/h4,6-13H,1,5H2,2-3H3. The van der Waals surface area contributed by atoms with Gasteiger partial charge in [-0.05, 0) is 36.8 Å². The Labute approximate surface area is 166 Å². The molecule has 4 rings (SSSR count). The van der Waals surface area contributed by atoms with Crippen LogP contribution < -0.4 is 14.9 Å². The highest BCUT2D eigenvalue weighted by molar-refractivity contribution is 6.05. The van der Waals surface area contributed by atoms with Crippen LogP contribution in [0.4, 0.5) is 5.69 Å². The highest BCUT2D eigenvalue weighted by atomic mass is 16.5. The minimum atomic E-state index is -0.228. The lowest BCUT2D eigenvalue weighted by atomic mass is 10.0. The summed E-state index contributed by atoms with van der Waals surface area (Å²) in [6.45, 7) is 3.79. The summed E-state index contributed by atoms with van der Waals surface area (Å²) in [4.78, 5) is 17.6. The molecule has 0 aliphatic heterocycles. The second-order valence-corrected chi connectivity index (χ2v) is 6.35. The molecule has 146 valence electrons. The van der Waals surface area contributed by atoms with Crippen molar-refractivity contribution < 1.29 is 18.3 Å². The smallest absolute Gasteiger partial charge is 0.205 e. The normalized spacial score (nSPS) is 11.4. The number of rotatable bonds is 6. The molecule has 0 radical (unpaired) electrons. The van der Waals surface area contributed by atoms with Gasteiger partial charge in [-0.2, -0.15) is 0 Å². The zero-order valence-electron chi connectivity index (χ0n) is 16.1. The predicted molar refractivity (Wildman–Crippen MR) is 113 cm³/mol. The Bertz CT molecular complexity index is 1280. The number of nitrogens with zero attached hydrogens (tertiary/aromatic N) is 1. The Balaban J connectivity index is 1.90. The molecule has 2 aromatic heterocycles. The third-order valence-electron chi connectivity index (χ3n) is 4.68. The maximum Gasteiger partial charge on any atom is 0.205 e. The van der Waals surface area contributed by atoms with Crippen LogP contribution in [0.25, 0.3) is 21.9 Å². The number of allylic oxidation sites excluding steroid dienone is 1. The summed E-state index contributed by atoms with van der Waals surface area (Å²) in [5.74, 6) is 1.16. The average molecular weight is 389 g/mol. The van der Waals surface area contributed by atoms with Gasteiger partial charge in [0, 0.05) is 11.8 Å². The minimum Gasteiger partial charge on any atom is -0.497 e. The molecule has 0 aliphatic rings. The van der Waals surface area contributed by atoms with Gasteiger partial charge in [0.15, 0.2) is 0 Å². The molecule has 0 bridgehead atoms. The van der Waals surface area contributed by atoms with E-state index in [1.165, 1.54) is 19.6 Å². The highest BCUT2D eigenvalue weighted by Crippen LogP contribution is 2.37. The van der Waals surface area contributed by atoms with Gasteiger partial charge in [0.1, 0.15) is 34.3 Å². The molecule has 0 atom stereocenters. The molecule has 2 aromatic carbocycles. The fourth-order valence-corrected chi connectivity index (χ4v) is 3.31. The lowest BCUT2D eigenvalue weighted by molar-refractivity contribution is 0.415. The molecule has 4 aromatic rings. The van der Waals surface area contributed by atoms with E-state index in [4.69, 9.17) is 18.3 Å². The van der Waals surface area contributed by atoms with E-state index in [1.807, 2.05) is 0 Å². The Kier molecular flexibility index (Phi) is 4.91. The summed E-state index contributed by atoms with van der Waals surface area (Å²) in [5, 5.41) is 1.07. The van der Waals surface area contributed by atoms with Crippen LogP contribution in [-0.2, 0) is 6.42 Å². The van der Waals surface area contributed by atoms with E-state index in [0.717, 1.165) is 11.3 Å². The van der Waals surface area contributed by atoms with Gasteiger partial charge in [-0.15, -0.1) is 6.58 Å². The van der Waals surface area contributed by atoms with E-state index in [-0.39, 0.29) is 5.43 Å². The summed E-state index contributed by atoms with van der Waals surface area (Å²) >= 11 is 0. The summed E-state index contributed by atoms with van der Waals surface area (Å²) in [5.41, 5.74) is 2.59. The molecule has 0 spiro atoms. The third kappa shape index (κ3) is 3.18. The largest absolute Gasteiger partial charge is 0.497 e. The van der Waals surface area contributed by atoms with Crippen LogP contribution in [0.1, 0.15) is 11.1 Å². The van der Waals surface area contributed by atoms with Crippen molar-refractivity contribution in [1.29, 1.82) is 0 Å². The quantitative estimate of drug-likeness (QED) is 0.341. The number of benzene rings is 2. The van der Waals surface area contributed by atoms with Crippen LogP contribution in [-0.4, -0.2) is 20.4 Å². The Morgan fingerprint density at radius 3 is 2.55 bits per heavy atom. The van der Waals surface area contributed by atoms with Crippen LogP contribution in [0.15, 0.2) is 74.1 Å². The van der Waals surface area contributed by atoms with E-state index in [1.54, 1.807) is 49.8 Å². The summed E-state index contributed by atoms with van der Waals surface area (Å²) in [6.07, 6.45) is 6.68. The molecule has 0 fully saturated rings. The van der Waals surface area contributed by atoms with Gasteiger partial charge in [-0.1, -0.05) is 6.08 Å². The van der Waals surface area contributed by atoms with Gasteiger partial charge < -0.3 is 18.3 Å². The fraction of sp³-hybridized carbons (Fsp3) is 0.130. The first-order chi connectivity index (χ1) is 14.2. The lowest BCUT2D eigenvalue weighted by Crippen LogP contribution is -2.10. The number of hydrogen-bond donors (Lipinski definition) is 0. The topological polar surface area (TPSA) is 74.2 Å². The molecule has 6 heteroatoms. The molecule has 2 heterocycles. The summed E-state index contributed by atoms with van der Waals surface area (Å²) in [7, 11) is 3.12. The maximum atomic E-state index is 13.2. The molecule has 0 amide bonds. The van der Waals surface area contributed by atoms with Gasteiger partial charge in [-0.3, -0.25) is 9.79 Å². The predicted octanol–water partition coefficient (Wildman–Crippen LogP) is 5.04. The zero-order valence-corrected chi connectivity index (χ0v) is 16.1. The van der Waals surface area contributed by atoms with Crippen LogP contribution in [0, 0.1) is 0 Å². The Hall–Kier alpha value is -3.80. The van der Waals surface area contributed by atoms with Gasteiger partial charge >= 0.3 is 0 Å². The van der Waals surface area contributed by atoms with Crippen molar-refractivity contribution in [2.45, 2.75) is 6.42 Å². The molecule has 0 saturated carbocycles. The van der Waals surface area contributed by atoms with Gasteiger partial charge in [-0.25, -0.2) is 0 Å². The second kappa shape index (κ2) is 7.67. The molecular weight excluding hydrogens is 370 g/mol. The van der Waals surface area contributed by atoms with Crippen molar-refractivity contribution in [2.24, 2.45) is 4.99 Å². The Morgan fingerprint density at radius 1 is 1.07 bits per heavy atom. The van der Waals surface area contributed by atoms with Gasteiger partial charge in [0.2, 0.25) is 5.43 Å². The average Bonchev–Trinajstić information content (AvgIpc) is 3.23. The third-order valence-corrected chi connectivity index (χ3v) is 4.68. The number of ether oxygens (including phenoxy) is 2. The van der Waals surface area contributed by atoms with E-state index in [0.29, 0.717) is 45.4 Å². The van der Waals surface area contributed by atoms with E-state index in [2.05, 4.69) is 11.6 Å². The first-order valence-corrected chi connectivity index (χ1v) is 8.98. The first kappa shape index (κ1) is 18.6. The van der Waals surface area contributed by atoms with E-state index < -0.39 is 0 Å². The van der Waals surface area contributed by atoms with Crippen LogP contribution in [0.5, 0.6) is 11.5 Å². The minimum absolute atomic E-state index is 0.228. The second-order valence-electron chi connectivity index (χ2n) is 6.35. The van der Waals surface area contributed by atoms with E-state index in [9.17, 15) is 4.79 Å². The fourth-order valence-electron chi connectivity index (χ4n) is 3.31. The zero-order chi connectivity index (χ0) is 20.4. The lowest BCUT2D eigenvalue weighted by Gasteiger charge is -2.10. The molecule has 6 nitrogen and oxygen atoms in total. The SMILES string of the molecule is C=CCc1c2occc2c(OC)c2c(=O)c(C=Nc3ccc(OC)cc3)coc12. The van der Waals surface area contributed by atoms with Gasteiger partial charge in [0.05, 0.1) is 37.1 Å². The first-order valence-electron chi connectivity index (χ1n) is 8.98. The van der Waals surface area contributed by atoms with Crippen molar-refractivity contribution in [3.05, 3.63) is 76.9 Å². The number of fused-ring (bicyclic) bond motifs is 2. The monoisotopic (exact) mass is 389 g/mol. The molecular formula is C23H19NO5. The highest BCUT2D eigenvalue weighted by Gasteiger charge is 2.21. The number of furan rings is 1. The number of aliphatic imine (C=N–C) groups is 1. The van der Waals surface area contributed by atoms with Crippen molar-refractivity contribution in [3.63, 3.8) is 0 Å².